The van der Waals surface area contributed by atoms with Gasteiger partial charge in [0.15, 0.2) is 0 Å². The van der Waals surface area contributed by atoms with Crippen LogP contribution in [0, 0.1) is 5.92 Å². The van der Waals surface area contributed by atoms with Crippen LogP contribution in [0.5, 0.6) is 0 Å². The van der Waals surface area contributed by atoms with Gasteiger partial charge in [-0.1, -0.05) is 36.0 Å². The maximum atomic E-state index is 13.4. The van der Waals surface area contributed by atoms with Crippen LogP contribution in [0.1, 0.15) is 57.1 Å². The molecule has 0 unspecified atom stereocenters. The molecule has 0 aromatic heterocycles. The van der Waals surface area contributed by atoms with E-state index in [1.165, 1.54) is 12.1 Å². The van der Waals surface area contributed by atoms with Gasteiger partial charge in [-0.3, -0.25) is 0 Å². The summed E-state index contributed by atoms with van der Waals surface area (Å²) in [6.07, 6.45) is 0.0976. The number of oxime groups is 1. The van der Waals surface area contributed by atoms with Crippen LogP contribution in [-0.2, 0) is 11.0 Å². The maximum Gasteiger partial charge on any atom is 0.417 e. The molecule has 0 radical (unpaired) electrons. The highest BCUT2D eigenvalue weighted by Crippen LogP contribution is 2.37. The molecule has 0 spiro atoms. The van der Waals surface area contributed by atoms with E-state index >= 15 is 0 Å². The van der Waals surface area contributed by atoms with Crippen LogP contribution in [-0.4, -0.2) is 11.8 Å². The Morgan fingerprint density at radius 3 is 2.43 bits per heavy atom. The number of alkyl halides is 3. The van der Waals surface area contributed by atoms with Crippen LogP contribution in [0.15, 0.2) is 23.4 Å². The minimum absolute atomic E-state index is 0.0259. The predicted molar refractivity (Wildman–Crippen MR) is 85.8 cm³/mol. The SMILES string of the molecule is CC(C)ON=C(c1cc(Cl)ccc1C(F)(F)F)C1CCCCC1. The van der Waals surface area contributed by atoms with Crippen molar-refractivity contribution in [1.29, 1.82) is 0 Å². The summed E-state index contributed by atoms with van der Waals surface area (Å²) in [5, 5.41) is 4.36. The van der Waals surface area contributed by atoms with Gasteiger partial charge in [-0.25, -0.2) is 0 Å². The molecule has 0 N–H and O–H groups in total. The summed E-state index contributed by atoms with van der Waals surface area (Å²) in [4.78, 5) is 5.30. The smallest absolute Gasteiger partial charge is 0.393 e. The minimum Gasteiger partial charge on any atom is -0.393 e. The van der Waals surface area contributed by atoms with Gasteiger partial charge in [0, 0.05) is 16.5 Å². The van der Waals surface area contributed by atoms with Crippen molar-refractivity contribution in [3.05, 3.63) is 34.3 Å². The molecule has 0 heterocycles. The van der Waals surface area contributed by atoms with Gasteiger partial charge in [0.1, 0.15) is 6.10 Å². The Kier molecular flexibility index (Phi) is 5.95. The van der Waals surface area contributed by atoms with E-state index in [1.54, 1.807) is 13.8 Å². The topological polar surface area (TPSA) is 21.6 Å². The fourth-order valence-corrected chi connectivity index (χ4v) is 3.03. The van der Waals surface area contributed by atoms with Crippen molar-refractivity contribution in [2.24, 2.45) is 11.1 Å². The van der Waals surface area contributed by atoms with Crippen LogP contribution >= 0.6 is 11.6 Å². The summed E-state index contributed by atoms with van der Waals surface area (Å²) >= 11 is 5.95. The van der Waals surface area contributed by atoms with Gasteiger partial charge in [0.2, 0.25) is 0 Å². The zero-order valence-corrected chi connectivity index (χ0v) is 14.0. The molecule has 1 aliphatic rings. The first-order valence-electron chi connectivity index (χ1n) is 7.90. The lowest BCUT2D eigenvalue weighted by Gasteiger charge is -2.25. The molecule has 0 aliphatic heterocycles. The van der Waals surface area contributed by atoms with Crippen molar-refractivity contribution >= 4 is 17.3 Å². The number of hydrogen-bond donors (Lipinski definition) is 0. The van der Waals surface area contributed by atoms with Crippen molar-refractivity contribution in [1.82, 2.24) is 0 Å². The van der Waals surface area contributed by atoms with E-state index in [9.17, 15) is 13.2 Å². The highest BCUT2D eigenvalue weighted by atomic mass is 35.5. The van der Waals surface area contributed by atoms with Crippen LogP contribution in [0.25, 0.3) is 0 Å². The molecule has 128 valence electrons. The quantitative estimate of drug-likeness (QED) is 0.478. The Morgan fingerprint density at radius 2 is 1.87 bits per heavy atom. The van der Waals surface area contributed by atoms with E-state index in [0.29, 0.717) is 5.71 Å². The third-order valence-corrected chi connectivity index (χ3v) is 4.15. The Labute approximate surface area is 139 Å². The standard InChI is InChI=1S/C17H21ClF3NO/c1-11(2)23-22-16(12-6-4-3-5-7-12)14-10-13(18)8-9-15(14)17(19,20)21/h8-12H,3-7H2,1-2H3. The molecule has 6 heteroatoms. The molecule has 0 saturated heterocycles. The van der Waals surface area contributed by atoms with Crippen molar-refractivity contribution in [3.8, 4) is 0 Å². The second-order valence-corrected chi connectivity index (χ2v) is 6.59. The van der Waals surface area contributed by atoms with Crippen molar-refractivity contribution in [2.45, 2.75) is 58.2 Å². The number of rotatable bonds is 4. The minimum atomic E-state index is -4.45. The molecule has 1 fully saturated rings. The molecule has 1 aliphatic carbocycles. The van der Waals surface area contributed by atoms with Gasteiger partial charge < -0.3 is 4.84 Å². The third kappa shape index (κ3) is 4.87. The molecule has 2 rings (SSSR count). The molecular weight excluding hydrogens is 327 g/mol. The zero-order valence-electron chi connectivity index (χ0n) is 13.3. The van der Waals surface area contributed by atoms with Crippen LogP contribution in [0.3, 0.4) is 0 Å². The fourth-order valence-electron chi connectivity index (χ4n) is 2.86. The third-order valence-electron chi connectivity index (χ3n) is 3.92. The summed E-state index contributed by atoms with van der Waals surface area (Å²) in [6.45, 7) is 3.59. The number of benzene rings is 1. The molecule has 1 aromatic rings. The lowest BCUT2D eigenvalue weighted by atomic mass is 9.82. The van der Waals surface area contributed by atoms with Gasteiger partial charge in [0.25, 0.3) is 0 Å². The first-order chi connectivity index (χ1) is 10.8. The Morgan fingerprint density at radius 1 is 1.22 bits per heavy atom. The first kappa shape index (κ1) is 18.1. The monoisotopic (exact) mass is 347 g/mol. The fraction of sp³-hybridized carbons (Fsp3) is 0.588. The van der Waals surface area contributed by atoms with E-state index in [0.717, 1.165) is 38.2 Å². The summed E-state index contributed by atoms with van der Waals surface area (Å²) in [7, 11) is 0. The van der Waals surface area contributed by atoms with Gasteiger partial charge in [-0.2, -0.15) is 13.2 Å². The van der Waals surface area contributed by atoms with Gasteiger partial charge in [0.05, 0.1) is 11.3 Å². The highest BCUT2D eigenvalue weighted by molar-refractivity contribution is 6.31. The van der Waals surface area contributed by atoms with E-state index < -0.39 is 11.7 Å². The molecule has 1 aromatic carbocycles. The molecule has 0 atom stereocenters. The van der Waals surface area contributed by atoms with Crippen molar-refractivity contribution in [3.63, 3.8) is 0 Å². The average molecular weight is 348 g/mol. The molecule has 0 amide bonds. The van der Waals surface area contributed by atoms with E-state index in [-0.39, 0.29) is 22.6 Å². The van der Waals surface area contributed by atoms with Gasteiger partial charge in [-0.05, 0) is 44.9 Å². The summed E-state index contributed by atoms with van der Waals surface area (Å²) in [6, 6.07) is 3.63. The first-order valence-corrected chi connectivity index (χ1v) is 8.27. The summed E-state index contributed by atoms with van der Waals surface area (Å²) in [5.74, 6) is -0.0259. The van der Waals surface area contributed by atoms with Crippen molar-refractivity contribution < 1.29 is 18.0 Å². The Bertz CT molecular complexity index is 563. The largest absolute Gasteiger partial charge is 0.417 e. The molecule has 23 heavy (non-hydrogen) atoms. The normalized spacial score (nSPS) is 17.6. The summed E-state index contributed by atoms with van der Waals surface area (Å²) < 4.78 is 40.1. The number of nitrogens with zero attached hydrogens (tertiary/aromatic N) is 1. The molecular formula is C17H21ClF3NO. The van der Waals surface area contributed by atoms with E-state index in [4.69, 9.17) is 16.4 Å². The van der Waals surface area contributed by atoms with Crippen LogP contribution in [0.4, 0.5) is 13.2 Å². The molecule has 1 saturated carbocycles. The molecule has 2 nitrogen and oxygen atoms in total. The zero-order chi connectivity index (χ0) is 17.0. The predicted octanol–water partition coefficient (Wildman–Crippen LogP) is 6.07. The Hall–Kier alpha value is -1.23. The maximum absolute atomic E-state index is 13.4. The lowest BCUT2D eigenvalue weighted by molar-refractivity contribution is -0.137. The summed E-state index contributed by atoms with van der Waals surface area (Å²) in [5.41, 5.74) is -0.302. The van der Waals surface area contributed by atoms with Crippen LogP contribution < -0.4 is 0 Å². The van der Waals surface area contributed by atoms with Crippen LogP contribution in [0.2, 0.25) is 5.02 Å². The average Bonchev–Trinajstić information content (AvgIpc) is 2.47. The number of hydrogen-bond acceptors (Lipinski definition) is 2. The second kappa shape index (κ2) is 7.56. The highest BCUT2D eigenvalue weighted by Gasteiger charge is 2.36. The van der Waals surface area contributed by atoms with E-state index in [1.807, 2.05) is 0 Å². The molecule has 0 bridgehead atoms. The lowest BCUT2D eigenvalue weighted by Crippen LogP contribution is -2.23. The number of halogens is 4. The van der Waals surface area contributed by atoms with Crippen molar-refractivity contribution in [2.75, 3.05) is 0 Å². The van der Waals surface area contributed by atoms with E-state index in [2.05, 4.69) is 5.16 Å². The second-order valence-electron chi connectivity index (χ2n) is 6.15. The Balaban J connectivity index is 2.49. The van der Waals surface area contributed by atoms with Gasteiger partial charge >= 0.3 is 6.18 Å². The van der Waals surface area contributed by atoms with Gasteiger partial charge in [-0.15, -0.1) is 0 Å².